The molecule has 0 nitrogen and oxygen atoms in total. The van der Waals surface area contributed by atoms with E-state index in [0.29, 0.717) is 0 Å². The van der Waals surface area contributed by atoms with Gasteiger partial charge in [0.15, 0.2) is 0 Å². The number of thiol groups is 1. The highest BCUT2D eigenvalue weighted by atomic mass is 35.5. The lowest BCUT2D eigenvalue weighted by Crippen LogP contribution is -2.29. The maximum atomic E-state index is 5.95. The van der Waals surface area contributed by atoms with Gasteiger partial charge in [-0.25, -0.2) is 0 Å². The Morgan fingerprint density at radius 1 is 1.44 bits per heavy atom. The molecule has 0 amide bonds. The molecule has 0 aromatic heterocycles. The number of hydrogen-bond donors (Lipinski definition) is 1. The van der Waals surface area contributed by atoms with Gasteiger partial charge in [-0.1, -0.05) is 12.8 Å². The van der Waals surface area contributed by atoms with E-state index in [9.17, 15) is 0 Å². The second-order valence-corrected chi connectivity index (χ2v) is 4.79. The Balaban J connectivity index is 2.49. The highest BCUT2D eigenvalue weighted by Crippen LogP contribution is 2.40. The third-order valence-electron chi connectivity index (χ3n) is 1.71. The van der Waals surface area contributed by atoms with Crippen LogP contribution in [0.1, 0.15) is 25.7 Å². The molecule has 0 aliphatic heterocycles. The van der Waals surface area contributed by atoms with E-state index in [1.807, 2.05) is 0 Å². The van der Waals surface area contributed by atoms with E-state index in [1.54, 1.807) is 0 Å². The smallest absolute Gasteiger partial charge is 0.103 e. The van der Waals surface area contributed by atoms with Gasteiger partial charge in [0.05, 0.1) is 5.38 Å². The maximum Gasteiger partial charge on any atom is 0.103 e. The zero-order valence-electron chi connectivity index (χ0n) is 5.11. The molecule has 0 radical (unpaired) electrons. The lowest BCUT2D eigenvalue weighted by Gasteiger charge is -2.30. The van der Waals surface area contributed by atoms with Gasteiger partial charge in [-0.2, -0.15) is 12.6 Å². The summed E-state index contributed by atoms with van der Waals surface area (Å²) in [5.74, 6) is 0. The van der Waals surface area contributed by atoms with Crippen LogP contribution in [0.2, 0.25) is 0 Å². The molecule has 3 heteroatoms. The number of rotatable bonds is 0. The van der Waals surface area contributed by atoms with Crippen molar-refractivity contribution in [1.29, 1.82) is 0 Å². The van der Waals surface area contributed by atoms with Gasteiger partial charge in [0.2, 0.25) is 0 Å². The Labute approximate surface area is 71.3 Å². The van der Waals surface area contributed by atoms with Gasteiger partial charge in [-0.3, -0.25) is 0 Å². The summed E-state index contributed by atoms with van der Waals surface area (Å²) in [6.45, 7) is 0. The summed E-state index contributed by atoms with van der Waals surface area (Å²) < 4.78 is -0.431. The van der Waals surface area contributed by atoms with E-state index in [2.05, 4.69) is 12.6 Å². The molecular formula is C6H10Cl2S. The highest BCUT2D eigenvalue weighted by Gasteiger charge is 2.33. The fourth-order valence-corrected chi connectivity index (χ4v) is 1.87. The van der Waals surface area contributed by atoms with E-state index < -0.39 is 4.21 Å². The van der Waals surface area contributed by atoms with Crippen LogP contribution >= 0.6 is 35.8 Å². The fraction of sp³-hybridized carbons (Fsp3) is 1.00. The second kappa shape index (κ2) is 2.89. The van der Waals surface area contributed by atoms with Gasteiger partial charge in [-0.15, -0.1) is 23.2 Å². The van der Waals surface area contributed by atoms with Crippen molar-refractivity contribution in [3.8, 4) is 0 Å². The third-order valence-corrected chi connectivity index (χ3v) is 3.56. The Morgan fingerprint density at radius 2 is 2.11 bits per heavy atom. The molecule has 0 aromatic carbocycles. The predicted molar refractivity (Wildman–Crippen MR) is 45.7 cm³/mol. The van der Waals surface area contributed by atoms with E-state index in [-0.39, 0.29) is 5.38 Å². The average Bonchev–Trinajstić information content (AvgIpc) is 1.77. The average molecular weight is 185 g/mol. The van der Waals surface area contributed by atoms with E-state index in [4.69, 9.17) is 23.2 Å². The molecule has 0 N–H and O–H groups in total. The first kappa shape index (κ1) is 8.03. The van der Waals surface area contributed by atoms with Crippen LogP contribution in [0.5, 0.6) is 0 Å². The zero-order chi connectivity index (χ0) is 6.91. The summed E-state index contributed by atoms with van der Waals surface area (Å²) in [7, 11) is 0. The van der Waals surface area contributed by atoms with Crippen molar-refractivity contribution in [1.82, 2.24) is 0 Å². The molecule has 9 heavy (non-hydrogen) atoms. The largest absolute Gasteiger partial charge is 0.155 e. The molecule has 1 saturated carbocycles. The molecule has 0 heterocycles. The minimum absolute atomic E-state index is 0.0521. The van der Waals surface area contributed by atoms with Gasteiger partial charge >= 0.3 is 0 Å². The Morgan fingerprint density at radius 3 is 2.44 bits per heavy atom. The quantitative estimate of drug-likeness (QED) is 0.435. The predicted octanol–water partition coefficient (Wildman–Crippen LogP) is 3.03. The van der Waals surface area contributed by atoms with Crippen LogP contribution in [0.25, 0.3) is 0 Å². The second-order valence-electron chi connectivity index (χ2n) is 2.53. The SMILES string of the molecule is SC1(Cl)CCCCC1Cl. The Kier molecular flexibility index (Phi) is 2.58. The van der Waals surface area contributed by atoms with E-state index in [0.717, 1.165) is 19.3 Å². The minimum Gasteiger partial charge on any atom is -0.155 e. The lowest BCUT2D eigenvalue weighted by atomic mass is 9.99. The Bertz CT molecular complexity index is 103. The summed E-state index contributed by atoms with van der Waals surface area (Å²) in [6.07, 6.45) is 4.31. The van der Waals surface area contributed by atoms with Crippen LogP contribution in [0.4, 0.5) is 0 Å². The molecule has 1 aliphatic rings. The van der Waals surface area contributed by atoms with Crippen LogP contribution < -0.4 is 0 Å². The summed E-state index contributed by atoms with van der Waals surface area (Å²) in [6, 6.07) is 0. The zero-order valence-corrected chi connectivity index (χ0v) is 7.52. The van der Waals surface area contributed by atoms with Crippen molar-refractivity contribution in [2.45, 2.75) is 35.3 Å². The molecule has 0 saturated heterocycles. The van der Waals surface area contributed by atoms with Gasteiger partial charge < -0.3 is 0 Å². The van der Waals surface area contributed by atoms with E-state index in [1.165, 1.54) is 6.42 Å². The van der Waals surface area contributed by atoms with Crippen molar-refractivity contribution in [3.05, 3.63) is 0 Å². The topological polar surface area (TPSA) is 0 Å². The number of hydrogen-bond acceptors (Lipinski definition) is 1. The molecule has 0 aromatic rings. The summed E-state index contributed by atoms with van der Waals surface area (Å²) in [4.78, 5) is 0. The first-order valence-electron chi connectivity index (χ1n) is 3.18. The van der Waals surface area contributed by atoms with E-state index >= 15 is 0 Å². The van der Waals surface area contributed by atoms with Crippen LogP contribution in [0.3, 0.4) is 0 Å². The fourth-order valence-electron chi connectivity index (χ4n) is 1.07. The van der Waals surface area contributed by atoms with Crippen molar-refractivity contribution in [2.24, 2.45) is 0 Å². The summed E-state index contributed by atoms with van der Waals surface area (Å²) in [5, 5.41) is 0.0521. The van der Waals surface area contributed by atoms with Crippen molar-refractivity contribution in [2.75, 3.05) is 0 Å². The molecule has 0 spiro atoms. The molecule has 1 fully saturated rings. The molecule has 2 atom stereocenters. The molecule has 1 aliphatic carbocycles. The molecule has 54 valence electrons. The number of alkyl halides is 2. The molecule has 2 unspecified atom stereocenters. The normalized spacial score (nSPS) is 45.0. The highest BCUT2D eigenvalue weighted by molar-refractivity contribution is 7.83. The van der Waals surface area contributed by atoms with Crippen LogP contribution in [-0.2, 0) is 0 Å². The van der Waals surface area contributed by atoms with Gasteiger partial charge in [0.25, 0.3) is 0 Å². The summed E-state index contributed by atoms with van der Waals surface area (Å²) in [5.41, 5.74) is 0. The van der Waals surface area contributed by atoms with Gasteiger partial charge in [0, 0.05) is 0 Å². The van der Waals surface area contributed by atoms with Crippen LogP contribution in [0, 0.1) is 0 Å². The molecule has 1 rings (SSSR count). The summed E-state index contributed by atoms with van der Waals surface area (Å²) >= 11 is 16.1. The maximum absolute atomic E-state index is 5.95. The van der Waals surface area contributed by atoms with Crippen LogP contribution in [-0.4, -0.2) is 9.58 Å². The number of halogens is 2. The van der Waals surface area contributed by atoms with Gasteiger partial charge in [0.1, 0.15) is 4.21 Å². The molecule has 0 bridgehead atoms. The van der Waals surface area contributed by atoms with Crippen molar-refractivity contribution in [3.63, 3.8) is 0 Å². The van der Waals surface area contributed by atoms with Crippen molar-refractivity contribution >= 4 is 35.8 Å². The lowest BCUT2D eigenvalue weighted by molar-refractivity contribution is 0.494. The van der Waals surface area contributed by atoms with Gasteiger partial charge in [-0.05, 0) is 12.8 Å². The molecular weight excluding hydrogens is 175 g/mol. The first-order chi connectivity index (χ1) is 4.13. The minimum atomic E-state index is -0.431. The standard InChI is InChI=1S/C6H10Cl2S/c7-5-3-1-2-4-6(5,8)9/h5,9H,1-4H2. The Hall–Kier alpha value is 0.930. The van der Waals surface area contributed by atoms with Crippen molar-refractivity contribution < 1.29 is 0 Å². The first-order valence-corrected chi connectivity index (χ1v) is 4.44. The monoisotopic (exact) mass is 184 g/mol. The third kappa shape index (κ3) is 1.92. The van der Waals surface area contributed by atoms with Crippen LogP contribution in [0.15, 0.2) is 0 Å².